The van der Waals surface area contributed by atoms with Gasteiger partial charge in [0.15, 0.2) is 0 Å². The molecule has 0 aliphatic rings. The number of aryl methyl sites for hydroxylation is 1. The van der Waals surface area contributed by atoms with Crippen LogP contribution in [0.2, 0.25) is 0 Å². The van der Waals surface area contributed by atoms with Crippen LogP contribution in [-0.4, -0.2) is 5.91 Å². The minimum atomic E-state index is -0.470. The highest BCUT2D eigenvalue weighted by molar-refractivity contribution is 6.17. The number of rotatable bonds is 4. The zero-order valence-electron chi connectivity index (χ0n) is 11.1. The highest BCUT2D eigenvalue weighted by atomic mass is 35.5. The van der Waals surface area contributed by atoms with Gasteiger partial charge in [0, 0.05) is 12.4 Å². The Morgan fingerprint density at radius 1 is 1.15 bits per heavy atom. The Bertz CT molecular complexity index is 610. The van der Waals surface area contributed by atoms with E-state index in [4.69, 9.17) is 11.6 Å². The van der Waals surface area contributed by atoms with E-state index >= 15 is 0 Å². The third kappa shape index (κ3) is 3.36. The fraction of sp³-hybridized carbons (Fsp3) is 0.188. The first-order valence-electron chi connectivity index (χ1n) is 6.29. The molecule has 1 amide bonds. The van der Waals surface area contributed by atoms with Crippen molar-refractivity contribution in [2.24, 2.45) is 0 Å². The SMILES string of the molecule is Cc1cccc(C(=O)NCc2ccc(CCl)cc2)c1F. The highest BCUT2D eigenvalue weighted by Gasteiger charge is 2.12. The quantitative estimate of drug-likeness (QED) is 0.853. The number of carbonyl (C=O) groups is 1. The molecule has 0 bridgehead atoms. The van der Waals surface area contributed by atoms with Crippen molar-refractivity contribution in [3.63, 3.8) is 0 Å². The molecule has 4 heteroatoms. The summed E-state index contributed by atoms with van der Waals surface area (Å²) in [6.45, 7) is 1.99. The van der Waals surface area contributed by atoms with Gasteiger partial charge < -0.3 is 5.32 Å². The molecule has 104 valence electrons. The lowest BCUT2D eigenvalue weighted by Crippen LogP contribution is -2.24. The molecule has 2 nitrogen and oxygen atoms in total. The molecule has 1 N–H and O–H groups in total. The van der Waals surface area contributed by atoms with Crippen LogP contribution < -0.4 is 5.32 Å². The molecule has 0 heterocycles. The highest BCUT2D eigenvalue weighted by Crippen LogP contribution is 2.12. The minimum absolute atomic E-state index is 0.0716. The van der Waals surface area contributed by atoms with E-state index in [0.29, 0.717) is 18.0 Å². The van der Waals surface area contributed by atoms with Crippen molar-refractivity contribution in [1.29, 1.82) is 0 Å². The first-order valence-corrected chi connectivity index (χ1v) is 6.82. The average molecular weight is 292 g/mol. The predicted molar refractivity (Wildman–Crippen MR) is 78.3 cm³/mol. The van der Waals surface area contributed by atoms with Crippen molar-refractivity contribution in [3.8, 4) is 0 Å². The molecular formula is C16H15ClFNO. The Kier molecular flexibility index (Phi) is 4.74. The van der Waals surface area contributed by atoms with Crippen LogP contribution in [0.5, 0.6) is 0 Å². The second kappa shape index (κ2) is 6.53. The van der Waals surface area contributed by atoms with Gasteiger partial charge in [-0.3, -0.25) is 4.79 Å². The molecule has 2 rings (SSSR count). The molecule has 0 aromatic heterocycles. The van der Waals surface area contributed by atoms with Crippen molar-refractivity contribution < 1.29 is 9.18 Å². The molecular weight excluding hydrogens is 277 g/mol. The summed E-state index contributed by atoms with van der Waals surface area (Å²) in [5.41, 5.74) is 2.50. The average Bonchev–Trinajstić information content (AvgIpc) is 2.48. The monoisotopic (exact) mass is 291 g/mol. The Morgan fingerprint density at radius 2 is 1.80 bits per heavy atom. The summed E-state index contributed by atoms with van der Waals surface area (Å²) in [7, 11) is 0. The fourth-order valence-corrected chi connectivity index (χ4v) is 2.02. The van der Waals surface area contributed by atoms with E-state index in [1.807, 2.05) is 24.3 Å². The molecule has 0 atom stereocenters. The van der Waals surface area contributed by atoms with E-state index in [1.54, 1.807) is 19.1 Å². The second-order valence-corrected chi connectivity index (χ2v) is 4.84. The Hall–Kier alpha value is -1.87. The zero-order valence-corrected chi connectivity index (χ0v) is 11.9. The molecule has 0 radical (unpaired) electrons. The summed E-state index contributed by atoms with van der Waals surface area (Å²) < 4.78 is 13.8. The van der Waals surface area contributed by atoms with Gasteiger partial charge in [-0.15, -0.1) is 11.6 Å². The molecule has 2 aromatic carbocycles. The van der Waals surface area contributed by atoms with Crippen LogP contribution in [0.15, 0.2) is 42.5 Å². The van der Waals surface area contributed by atoms with E-state index in [-0.39, 0.29) is 5.56 Å². The Balaban J connectivity index is 2.02. The van der Waals surface area contributed by atoms with Gasteiger partial charge in [0.2, 0.25) is 0 Å². The first-order chi connectivity index (χ1) is 9.61. The van der Waals surface area contributed by atoms with Gasteiger partial charge in [-0.1, -0.05) is 36.4 Å². The van der Waals surface area contributed by atoms with E-state index in [0.717, 1.165) is 11.1 Å². The molecule has 20 heavy (non-hydrogen) atoms. The number of halogens is 2. The molecule has 0 spiro atoms. The van der Waals surface area contributed by atoms with E-state index in [1.165, 1.54) is 6.07 Å². The lowest BCUT2D eigenvalue weighted by molar-refractivity contribution is 0.0946. The molecule has 0 aliphatic carbocycles. The van der Waals surface area contributed by atoms with Crippen LogP contribution in [0.25, 0.3) is 0 Å². The number of nitrogens with one attached hydrogen (secondary N) is 1. The number of hydrogen-bond acceptors (Lipinski definition) is 1. The maximum atomic E-state index is 13.8. The molecule has 0 saturated heterocycles. The normalized spacial score (nSPS) is 10.3. The standard InChI is InChI=1S/C16H15ClFNO/c1-11-3-2-4-14(15(11)18)16(20)19-10-13-7-5-12(9-17)6-8-13/h2-8H,9-10H2,1H3,(H,19,20). The van der Waals surface area contributed by atoms with Gasteiger partial charge in [-0.25, -0.2) is 4.39 Å². The van der Waals surface area contributed by atoms with Crippen LogP contribution in [-0.2, 0) is 12.4 Å². The minimum Gasteiger partial charge on any atom is -0.348 e. The summed E-state index contributed by atoms with van der Waals surface area (Å²) in [5.74, 6) is -0.420. The summed E-state index contributed by atoms with van der Waals surface area (Å²) in [6, 6.07) is 12.4. The third-order valence-electron chi connectivity index (χ3n) is 3.07. The number of alkyl halides is 1. The Morgan fingerprint density at radius 3 is 2.45 bits per heavy atom. The smallest absolute Gasteiger partial charge is 0.254 e. The van der Waals surface area contributed by atoms with Crippen LogP contribution >= 0.6 is 11.6 Å². The van der Waals surface area contributed by atoms with Gasteiger partial charge in [-0.2, -0.15) is 0 Å². The lowest BCUT2D eigenvalue weighted by Gasteiger charge is -2.08. The number of benzene rings is 2. The second-order valence-electron chi connectivity index (χ2n) is 4.57. The van der Waals surface area contributed by atoms with Crippen molar-refractivity contribution in [3.05, 3.63) is 70.5 Å². The van der Waals surface area contributed by atoms with E-state index in [2.05, 4.69) is 5.32 Å². The predicted octanol–water partition coefficient (Wildman–Crippen LogP) is 3.80. The molecule has 0 aliphatic heterocycles. The third-order valence-corrected chi connectivity index (χ3v) is 3.38. The van der Waals surface area contributed by atoms with Gasteiger partial charge in [-0.05, 0) is 29.7 Å². The summed E-state index contributed by atoms with van der Waals surface area (Å²) in [5, 5.41) is 2.71. The summed E-state index contributed by atoms with van der Waals surface area (Å²) >= 11 is 5.71. The Labute approximate surface area is 122 Å². The van der Waals surface area contributed by atoms with Crippen molar-refractivity contribution in [2.75, 3.05) is 0 Å². The van der Waals surface area contributed by atoms with Crippen LogP contribution in [0, 0.1) is 12.7 Å². The summed E-state index contributed by atoms with van der Waals surface area (Å²) in [6.07, 6.45) is 0. The molecule has 0 fully saturated rings. The van der Waals surface area contributed by atoms with Gasteiger partial charge in [0.1, 0.15) is 5.82 Å². The maximum absolute atomic E-state index is 13.8. The topological polar surface area (TPSA) is 29.1 Å². The maximum Gasteiger partial charge on any atom is 0.254 e. The van der Waals surface area contributed by atoms with Crippen LogP contribution in [0.4, 0.5) is 4.39 Å². The first kappa shape index (κ1) is 14.5. The van der Waals surface area contributed by atoms with Crippen LogP contribution in [0.1, 0.15) is 27.0 Å². The number of amides is 1. The summed E-state index contributed by atoms with van der Waals surface area (Å²) in [4.78, 5) is 11.9. The van der Waals surface area contributed by atoms with Crippen LogP contribution in [0.3, 0.4) is 0 Å². The van der Waals surface area contributed by atoms with E-state index < -0.39 is 11.7 Å². The van der Waals surface area contributed by atoms with Gasteiger partial charge in [0.05, 0.1) is 5.56 Å². The zero-order chi connectivity index (χ0) is 14.5. The van der Waals surface area contributed by atoms with Crippen molar-refractivity contribution >= 4 is 17.5 Å². The fourth-order valence-electron chi connectivity index (χ4n) is 1.85. The molecule has 2 aromatic rings. The number of hydrogen-bond donors (Lipinski definition) is 1. The van der Waals surface area contributed by atoms with E-state index in [9.17, 15) is 9.18 Å². The number of carbonyl (C=O) groups excluding carboxylic acids is 1. The van der Waals surface area contributed by atoms with Crippen molar-refractivity contribution in [1.82, 2.24) is 5.32 Å². The van der Waals surface area contributed by atoms with Gasteiger partial charge >= 0.3 is 0 Å². The van der Waals surface area contributed by atoms with Gasteiger partial charge in [0.25, 0.3) is 5.91 Å². The largest absolute Gasteiger partial charge is 0.348 e. The molecule has 0 unspecified atom stereocenters. The molecule has 0 saturated carbocycles. The lowest BCUT2D eigenvalue weighted by atomic mass is 10.1. The van der Waals surface area contributed by atoms with Crippen molar-refractivity contribution in [2.45, 2.75) is 19.3 Å².